The molecule has 2 heterocycles. The molecule has 0 atom stereocenters. The molecule has 1 N–H and O–H groups in total. The van der Waals surface area contributed by atoms with E-state index < -0.39 is 0 Å². The van der Waals surface area contributed by atoms with Crippen molar-refractivity contribution in [1.82, 2.24) is 10.3 Å². The lowest BCUT2D eigenvalue weighted by Crippen LogP contribution is -2.43. The smallest absolute Gasteiger partial charge is 0.185 e. The highest BCUT2D eigenvalue weighted by Gasteiger charge is 2.33. The van der Waals surface area contributed by atoms with E-state index in [9.17, 15) is 0 Å². The first-order valence-corrected chi connectivity index (χ1v) is 9.87. The van der Waals surface area contributed by atoms with E-state index in [0.717, 1.165) is 25.6 Å². The van der Waals surface area contributed by atoms with Crippen LogP contribution in [-0.4, -0.2) is 34.6 Å². The molecule has 118 valence electrons. The number of thiazole rings is 1. The number of nitrogens with one attached hydrogen (secondary N) is 1. The van der Waals surface area contributed by atoms with E-state index in [0.29, 0.717) is 10.8 Å². The summed E-state index contributed by atoms with van der Waals surface area (Å²) in [4.78, 5) is 9.01. The van der Waals surface area contributed by atoms with Crippen LogP contribution in [0.5, 0.6) is 0 Å². The van der Waals surface area contributed by atoms with Crippen LogP contribution in [0.2, 0.25) is 0 Å². The van der Waals surface area contributed by atoms with Gasteiger partial charge in [-0.15, -0.1) is 11.3 Å². The first-order valence-electron chi connectivity index (χ1n) is 8.06. The topological polar surface area (TPSA) is 28.2 Å². The quantitative estimate of drug-likeness (QED) is 0.890. The van der Waals surface area contributed by atoms with Crippen LogP contribution in [0.1, 0.15) is 57.0 Å². The highest BCUT2D eigenvalue weighted by Crippen LogP contribution is 2.45. The fraction of sp³-hybridized carbons (Fsp3) is 0.812. The fourth-order valence-electron chi connectivity index (χ4n) is 2.76. The molecule has 0 aromatic carbocycles. The largest absolute Gasteiger partial charge is 0.346 e. The molecule has 1 aromatic heterocycles. The molecule has 1 aromatic rings. The highest BCUT2D eigenvalue weighted by molar-refractivity contribution is 8.00. The van der Waals surface area contributed by atoms with Crippen LogP contribution >= 0.6 is 23.1 Å². The molecule has 3 nitrogen and oxygen atoms in total. The van der Waals surface area contributed by atoms with E-state index >= 15 is 0 Å². The van der Waals surface area contributed by atoms with E-state index in [2.05, 4.69) is 49.7 Å². The fourth-order valence-corrected chi connectivity index (χ4v) is 5.00. The first kappa shape index (κ1) is 15.6. The van der Waals surface area contributed by atoms with Gasteiger partial charge in [0.15, 0.2) is 5.13 Å². The summed E-state index contributed by atoms with van der Waals surface area (Å²) < 4.78 is 0.347. The van der Waals surface area contributed by atoms with Crippen LogP contribution in [0.4, 0.5) is 5.13 Å². The van der Waals surface area contributed by atoms with Gasteiger partial charge in [-0.05, 0) is 26.7 Å². The standard InChI is InChI=1S/C16H27N3S2/c1-11(2)17-9-13-14(12-5-6-12)18-15(21-13)19-7-8-20-16(3,4)10-19/h11-12,17H,5-10H2,1-4H3. The number of anilines is 1. The van der Waals surface area contributed by atoms with Crippen molar-refractivity contribution in [2.75, 3.05) is 23.7 Å². The molecule has 1 aliphatic carbocycles. The molecule has 2 aliphatic rings. The molecule has 3 rings (SSSR count). The first-order chi connectivity index (χ1) is 9.94. The normalized spacial score (nSPS) is 22.0. The minimum absolute atomic E-state index is 0.347. The molecule has 1 saturated carbocycles. The summed E-state index contributed by atoms with van der Waals surface area (Å²) in [6.45, 7) is 12.4. The maximum absolute atomic E-state index is 5.03. The Morgan fingerprint density at radius 3 is 2.76 bits per heavy atom. The van der Waals surface area contributed by atoms with Gasteiger partial charge < -0.3 is 10.2 Å². The van der Waals surface area contributed by atoms with Crippen molar-refractivity contribution < 1.29 is 0 Å². The number of aromatic nitrogens is 1. The Balaban J connectivity index is 1.77. The zero-order valence-electron chi connectivity index (χ0n) is 13.6. The van der Waals surface area contributed by atoms with Gasteiger partial charge >= 0.3 is 0 Å². The van der Waals surface area contributed by atoms with Gasteiger partial charge in [0.2, 0.25) is 0 Å². The van der Waals surface area contributed by atoms with Crippen molar-refractivity contribution in [3.05, 3.63) is 10.6 Å². The molecule has 0 bridgehead atoms. The van der Waals surface area contributed by atoms with Gasteiger partial charge in [-0.25, -0.2) is 4.98 Å². The Kier molecular flexibility index (Phi) is 4.53. The van der Waals surface area contributed by atoms with E-state index in [-0.39, 0.29) is 0 Å². The molecule has 1 saturated heterocycles. The average molecular weight is 326 g/mol. The van der Waals surface area contributed by atoms with E-state index in [1.165, 1.54) is 34.3 Å². The third-order valence-electron chi connectivity index (χ3n) is 4.05. The molecule has 0 radical (unpaired) electrons. The molecule has 2 fully saturated rings. The third kappa shape index (κ3) is 3.93. The van der Waals surface area contributed by atoms with Crippen LogP contribution in [0.3, 0.4) is 0 Å². The second-order valence-corrected chi connectivity index (χ2v) is 10.0. The molecule has 0 amide bonds. The SMILES string of the molecule is CC(C)NCc1sc(N2CCSC(C)(C)C2)nc1C1CC1. The summed E-state index contributed by atoms with van der Waals surface area (Å²) in [6.07, 6.45) is 2.67. The van der Waals surface area contributed by atoms with Gasteiger partial charge in [-0.3, -0.25) is 0 Å². The van der Waals surface area contributed by atoms with Crippen molar-refractivity contribution in [3.63, 3.8) is 0 Å². The summed E-state index contributed by atoms with van der Waals surface area (Å²) in [5, 5.41) is 4.82. The molecule has 0 spiro atoms. The van der Waals surface area contributed by atoms with Crippen LogP contribution in [0, 0.1) is 0 Å². The molecule has 1 aliphatic heterocycles. The van der Waals surface area contributed by atoms with Crippen LogP contribution in [0.25, 0.3) is 0 Å². The van der Waals surface area contributed by atoms with Crippen LogP contribution in [0.15, 0.2) is 0 Å². The van der Waals surface area contributed by atoms with Gasteiger partial charge in [0, 0.05) is 47.0 Å². The van der Waals surface area contributed by atoms with E-state index in [4.69, 9.17) is 4.98 Å². The van der Waals surface area contributed by atoms with Gasteiger partial charge in [-0.2, -0.15) is 11.8 Å². The average Bonchev–Trinajstić information content (AvgIpc) is 3.15. The summed E-state index contributed by atoms with van der Waals surface area (Å²) in [5.41, 5.74) is 1.39. The second kappa shape index (κ2) is 6.09. The summed E-state index contributed by atoms with van der Waals surface area (Å²) in [7, 11) is 0. The second-order valence-electron chi connectivity index (χ2n) is 7.14. The molecule has 0 unspecified atom stereocenters. The number of rotatable bonds is 5. The number of nitrogens with zero attached hydrogens (tertiary/aromatic N) is 2. The summed E-state index contributed by atoms with van der Waals surface area (Å²) >= 11 is 4.01. The molecule has 21 heavy (non-hydrogen) atoms. The Morgan fingerprint density at radius 1 is 1.38 bits per heavy atom. The molecule has 5 heteroatoms. The van der Waals surface area contributed by atoms with Crippen LogP contribution < -0.4 is 10.2 Å². The Hall–Kier alpha value is -0.260. The summed E-state index contributed by atoms with van der Waals surface area (Å²) in [6, 6.07) is 0.535. The molecular formula is C16H27N3S2. The van der Waals surface area contributed by atoms with Crippen molar-refractivity contribution in [2.45, 2.75) is 63.8 Å². The van der Waals surface area contributed by atoms with Gasteiger partial charge in [-0.1, -0.05) is 13.8 Å². The Labute approximate surface area is 136 Å². The number of thioether (sulfide) groups is 1. The lowest BCUT2D eigenvalue weighted by Gasteiger charge is -2.37. The Morgan fingerprint density at radius 2 is 2.14 bits per heavy atom. The maximum atomic E-state index is 5.03. The highest BCUT2D eigenvalue weighted by atomic mass is 32.2. The zero-order chi connectivity index (χ0) is 15.0. The third-order valence-corrected chi connectivity index (χ3v) is 6.48. The van der Waals surface area contributed by atoms with E-state index in [1.807, 2.05) is 11.3 Å². The van der Waals surface area contributed by atoms with Crippen molar-refractivity contribution in [2.24, 2.45) is 0 Å². The monoisotopic (exact) mass is 325 g/mol. The minimum atomic E-state index is 0.347. The predicted octanol–water partition coefficient (Wildman–Crippen LogP) is 3.85. The van der Waals surface area contributed by atoms with Crippen molar-refractivity contribution in [3.8, 4) is 0 Å². The summed E-state index contributed by atoms with van der Waals surface area (Å²) in [5.74, 6) is 1.96. The van der Waals surface area contributed by atoms with Gasteiger partial charge in [0.1, 0.15) is 0 Å². The van der Waals surface area contributed by atoms with Crippen LogP contribution in [-0.2, 0) is 6.54 Å². The van der Waals surface area contributed by atoms with Gasteiger partial charge in [0.25, 0.3) is 0 Å². The van der Waals surface area contributed by atoms with Gasteiger partial charge in [0.05, 0.1) is 5.69 Å². The lowest BCUT2D eigenvalue weighted by molar-refractivity contribution is 0.590. The minimum Gasteiger partial charge on any atom is -0.346 e. The van der Waals surface area contributed by atoms with Crippen molar-refractivity contribution >= 4 is 28.2 Å². The Bertz CT molecular complexity index is 492. The molecular weight excluding hydrogens is 298 g/mol. The number of hydrogen-bond donors (Lipinski definition) is 1. The predicted molar refractivity (Wildman–Crippen MR) is 94.8 cm³/mol. The number of hydrogen-bond acceptors (Lipinski definition) is 5. The zero-order valence-corrected chi connectivity index (χ0v) is 15.2. The van der Waals surface area contributed by atoms with Crippen molar-refractivity contribution in [1.29, 1.82) is 0 Å². The van der Waals surface area contributed by atoms with E-state index in [1.54, 1.807) is 0 Å². The lowest BCUT2D eigenvalue weighted by atomic mass is 10.2. The maximum Gasteiger partial charge on any atom is 0.185 e.